The summed E-state index contributed by atoms with van der Waals surface area (Å²) < 4.78 is 18.5. The van der Waals surface area contributed by atoms with Crippen LogP contribution in [0.25, 0.3) is 0 Å². The largest absolute Gasteiger partial charge is 0.377 e. The Morgan fingerprint density at radius 2 is 2.05 bits per heavy atom. The number of ether oxygens (including phenoxy) is 1. The van der Waals surface area contributed by atoms with E-state index in [1.165, 1.54) is 6.07 Å². The molecule has 1 aromatic rings. The van der Waals surface area contributed by atoms with Crippen molar-refractivity contribution in [1.29, 1.82) is 0 Å². The average molecular weight is 309 g/mol. The lowest BCUT2D eigenvalue weighted by Crippen LogP contribution is -2.40. The molecule has 0 aliphatic carbocycles. The summed E-state index contributed by atoms with van der Waals surface area (Å²) >= 11 is 0. The summed E-state index contributed by atoms with van der Waals surface area (Å²) in [6, 6.07) is 4.91. The van der Waals surface area contributed by atoms with Crippen molar-refractivity contribution in [3.63, 3.8) is 0 Å². The Kier molecular flexibility index (Phi) is 7.32. The van der Waals surface area contributed by atoms with Gasteiger partial charge in [0.2, 0.25) is 0 Å². The van der Waals surface area contributed by atoms with E-state index in [2.05, 4.69) is 15.6 Å². The summed E-state index contributed by atoms with van der Waals surface area (Å²) in [5, 5.41) is 6.51. The van der Waals surface area contributed by atoms with Crippen LogP contribution in [-0.2, 0) is 11.2 Å². The molecule has 1 aromatic carbocycles. The first-order valence-electron chi connectivity index (χ1n) is 7.70. The van der Waals surface area contributed by atoms with E-state index >= 15 is 0 Å². The van der Waals surface area contributed by atoms with Crippen molar-refractivity contribution < 1.29 is 9.13 Å². The van der Waals surface area contributed by atoms with Gasteiger partial charge < -0.3 is 15.4 Å². The number of hydrogen-bond donors (Lipinski definition) is 2. The molecule has 1 rings (SSSR count). The molecule has 0 spiro atoms. The maximum absolute atomic E-state index is 13.1. The summed E-state index contributed by atoms with van der Waals surface area (Å²) in [7, 11) is 1.69. The third kappa shape index (κ3) is 6.43. The minimum atomic E-state index is -0.282. The Morgan fingerprint density at radius 3 is 2.64 bits per heavy atom. The predicted octanol–water partition coefficient (Wildman–Crippen LogP) is 2.66. The van der Waals surface area contributed by atoms with Crippen LogP contribution in [-0.4, -0.2) is 38.3 Å². The highest BCUT2D eigenvalue weighted by Crippen LogP contribution is 2.10. The van der Waals surface area contributed by atoms with Crippen LogP contribution in [0.3, 0.4) is 0 Å². The zero-order chi connectivity index (χ0) is 16.6. The van der Waals surface area contributed by atoms with E-state index in [0.717, 1.165) is 36.6 Å². The number of aryl methyl sites for hydroxylation is 1. The highest BCUT2D eigenvalue weighted by atomic mass is 19.1. The fraction of sp³-hybridized carbons (Fsp3) is 0.588. The van der Waals surface area contributed by atoms with Crippen LogP contribution in [0.15, 0.2) is 23.2 Å². The summed E-state index contributed by atoms with van der Waals surface area (Å²) in [4.78, 5) is 4.53. The molecule has 4 nitrogen and oxygen atoms in total. The van der Waals surface area contributed by atoms with E-state index in [1.807, 2.05) is 33.8 Å². The molecule has 5 heteroatoms. The van der Waals surface area contributed by atoms with E-state index in [1.54, 1.807) is 13.2 Å². The Bertz CT molecular complexity index is 501. The molecule has 0 bridgehead atoms. The molecule has 0 radical (unpaired) electrons. The van der Waals surface area contributed by atoms with E-state index in [9.17, 15) is 4.39 Å². The molecule has 2 N–H and O–H groups in total. The fourth-order valence-corrected chi connectivity index (χ4v) is 1.93. The van der Waals surface area contributed by atoms with Gasteiger partial charge in [0.15, 0.2) is 5.96 Å². The number of aliphatic imine (C=N–C) groups is 1. The van der Waals surface area contributed by atoms with Gasteiger partial charge in [-0.2, -0.15) is 0 Å². The normalized spacial score (nSPS) is 12.4. The van der Waals surface area contributed by atoms with Gasteiger partial charge in [0, 0.05) is 20.2 Å². The minimum Gasteiger partial charge on any atom is -0.377 e. The quantitative estimate of drug-likeness (QED) is 0.601. The van der Waals surface area contributed by atoms with Gasteiger partial charge in [-0.1, -0.05) is 6.07 Å². The SMILES string of the molecule is CCNC(=NCC(C)(C)OC)NCCc1ccc(F)cc1C. The standard InChI is InChI=1S/C17H28FN3O/c1-6-19-16(21-12-17(3,4)22-5)20-10-9-14-7-8-15(18)11-13(14)2/h7-8,11H,6,9-10,12H2,1-5H3,(H2,19,20,21). The molecule has 22 heavy (non-hydrogen) atoms. The van der Waals surface area contributed by atoms with Crippen LogP contribution in [0.5, 0.6) is 0 Å². The monoisotopic (exact) mass is 309 g/mol. The van der Waals surface area contributed by atoms with Crippen LogP contribution < -0.4 is 10.6 Å². The van der Waals surface area contributed by atoms with Crippen molar-refractivity contribution in [1.82, 2.24) is 10.6 Å². The zero-order valence-corrected chi connectivity index (χ0v) is 14.3. The topological polar surface area (TPSA) is 45.7 Å². The second-order valence-corrected chi connectivity index (χ2v) is 5.91. The molecular formula is C17H28FN3O. The summed E-state index contributed by atoms with van der Waals surface area (Å²) in [6.07, 6.45) is 0.824. The van der Waals surface area contributed by atoms with E-state index < -0.39 is 0 Å². The average Bonchev–Trinajstić information content (AvgIpc) is 2.47. The molecule has 0 aromatic heterocycles. The minimum absolute atomic E-state index is 0.189. The van der Waals surface area contributed by atoms with Gasteiger partial charge in [0.1, 0.15) is 5.82 Å². The molecule has 0 heterocycles. The first kappa shape index (κ1) is 18.4. The summed E-state index contributed by atoms with van der Waals surface area (Å²) in [5.74, 6) is 0.582. The highest BCUT2D eigenvalue weighted by Gasteiger charge is 2.15. The Labute approximate surface area is 133 Å². The molecule has 0 saturated carbocycles. The van der Waals surface area contributed by atoms with E-state index in [0.29, 0.717) is 6.54 Å². The lowest BCUT2D eigenvalue weighted by molar-refractivity contribution is 0.0310. The molecule has 0 aliphatic heterocycles. The Hall–Kier alpha value is -1.62. The van der Waals surface area contributed by atoms with Crippen molar-refractivity contribution in [3.8, 4) is 0 Å². The van der Waals surface area contributed by atoms with Crippen molar-refractivity contribution in [2.75, 3.05) is 26.7 Å². The lowest BCUT2D eigenvalue weighted by atomic mass is 10.1. The number of benzene rings is 1. The van der Waals surface area contributed by atoms with Gasteiger partial charge in [0.25, 0.3) is 0 Å². The number of methoxy groups -OCH3 is 1. The zero-order valence-electron chi connectivity index (χ0n) is 14.3. The third-order valence-corrected chi connectivity index (χ3v) is 3.51. The third-order valence-electron chi connectivity index (χ3n) is 3.51. The predicted molar refractivity (Wildman–Crippen MR) is 89.9 cm³/mol. The highest BCUT2D eigenvalue weighted by molar-refractivity contribution is 5.79. The summed E-state index contributed by atoms with van der Waals surface area (Å²) in [5.41, 5.74) is 1.84. The van der Waals surface area contributed by atoms with Gasteiger partial charge in [-0.3, -0.25) is 4.99 Å². The van der Waals surface area contributed by atoms with Crippen LogP contribution in [0, 0.1) is 12.7 Å². The number of halogens is 1. The lowest BCUT2D eigenvalue weighted by Gasteiger charge is -2.21. The smallest absolute Gasteiger partial charge is 0.191 e. The fourth-order valence-electron chi connectivity index (χ4n) is 1.93. The van der Waals surface area contributed by atoms with E-state index in [-0.39, 0.29) is 11.4 Å². The molecule has 0 unspecified atom stereocenters. The van der Waals surface area contributed by atoms with Gasteiger partial charge >= 0.3 is 0 Å². The van der Waals surface area contributed by atoms with Gasteiger partial charge in [0.05, 0.1) is 12.1 Å². The molecule has 0 atom stereocenters. The first-order valence-corrected chi connectivity index (χ1v) is 7.70. The number of nitrogens with one attached hydrogen (secondary N) is 2. The van der Waals surface area contributed by atoms with Crippen molar-refractivity contribution in [2.45, 2.75) is 39.7 Å². The first-order chi connectivity index (χ1) is 10.4. The Morgan fingerprint density at radius 1 is 1.32 bits per heavy atom. The van der Waals surface area contributed by atoms with Gasteiger partial charge in [-0.25, -0.2) is 4.39 Å². The molecular weight excluding hydrogens is 281 g/mol. The van der Waals surface area contributed by atoms with Crippen molar-refractivity contribution >= 4 is 5.96 Å². The van der Waals surface area contributed by atoms with Gasteiger partial charge in [-0.05, 0) is 57.4 Å². The second-order valence-electron chi connectivity index (χ2n) is 5.91. The van der Waals surface area contributed by atoms with Crippen LogP contribution in [0.2, 0.25) is 0 Å². The van der Waals surface area contributed by atoms with Crippen LogP contribution in [0.4, 0.5) is 4.39 Å². The van der Waals surface area contributed by atoms with Crippen molar-refractivity contribution in [3.05, 3.63) is 35.1 Å². The number of guanidine groups is 1. The maximum atomic E-state index is 13.1. The molecule has 0 saturated heterocycles. The molecule has 0 amide bonds. The molecule has 124 valence electrons. The van der Waals surface area contributed by atoms with E-state index in [4.69, 9.17) is 4.74 Å². The van der Waals surface area contributed by atoms with Gasteiger partial charge in [-0.15, -0.1) is 0 Å². The molecule has 0 aliphatic rings. The van der Waals surface area contributed by atoms with Crippen molar-refractivity contribution in [2.24, 2.45) is 4.99 Å². The number of nitrogens with zero attached hydrogens (tertiary/aromatic N) is 1. The van der Waals surface area contributed by atoms with Crippen LogP contribution in [0.1, 0.15) is 31.9 Å². The second kappa shape index (κ2) is 8.73. The maximum Gasteiger partial charge on any atom is 0.191 e. The summed E-state index contributed by atoms with van der Waals surface area (Å²) in [6.45, 7) is 10.1. The molecule has 0 fully saturated rings. The number of rotatable bonds is 7. The number of hydrogen-bond acceptors (Lipinski definition) is 2. The van der Waals surface area contributed by atoms with Crippen LogP contribution >= 0.6 is 0 Å². The Balaban J connectivity index is 2.55.